The third kappa shape index (κ3) is 2.44. The van der Waals surface area contributed by atoms with Crippen molar-refractivity contribution >= 4 is 17.6 Å². The van der Waals surface area contributed by atoms with E-state index >= 15 is 0 Å². The average Bonchev–Trinajstić information content (AvgIpc) is 2.95. The molecule has 110 valence electrons. The van der Waals surface area contributed by atoms with E-state index < -0.39 is 5.97 Å². The van der Waals surface area contributed by atoms with Crippen LogP contribution in [0.3, 0.4) is 0 Å². The van der Waals surface area contributed by atoms with Crippen LogP contribution < -0.4 is 0 Å². The summed E-state index contributed by atoms with van der Waals surface area (Å²) in [6.45, 7) is 1.89. The summed E-state index contributed by atoms with van der Waals surface area (Å²) in [5.41, 5.74) is 2.52. The van der Waals surface area contributed by atoms with Crippen LogP contribution >= 0.6 is 11.6 Å². The number of hydrogen-bond acceptors (Lipinski definition) is 4. The number of carboxylic acids is 1. The van der Waals surface area contributed by atoms with E-state index in [0.717, 1.165) is 5.56 Å². The molecule has 0 saturated heterocycles. The molecule has 0 spiro atoms. The van der Waals surface area contributed by atoms with Gasteiger partial charge >= 0.3 is 5.97 Å². The van der Waals surface area contributed by atoms with Crippen molar-refractivity contribution in [1.29, 1.82) is 0 Å². The number of carbonyl (C=O) groups is 1. The third-order valence-corrected chi connectivity index (χ3v) is 3.46. The lowest BCUT2D eigenvalue weighted by Crippen LogP contribution is -2.04. The molecular weight excluding hydrogens is 304 g/mol. The number of carboxylic acid groups (broad SMARTS) is 1. The van der Waals surface area contributed by atoms with Gasteiger partial charge in [-0.05, 0) is 36.8 Å². The van der Waals surface area contributed by atoms with Crippen LogP contribution in [0, 0.1) is 6.92 Å². The highest BCUT2D eigenvalue weighted by atomic mass is 35.5. The molecule has 0 radical (unpaired) electrons. The molecule has 3 rings (SSSR count). The molecule has 1 N–H and O–H groups in total. The molecule has 6 nitrogen and oxygen atoms in total. The maximum absolute atomic E-state index is 11.4. The van der Waals surface area contributed by atoms with Crippen LogP contribution in [0.2, 0.25) is 5.02 Å². The fourth-order valence-electron chi connectivity index (χ4n) is 2.17. The number of halogens is 1. The van der Waals surface area contributed by atoms with E-state index in [2.05, 4.69) is 15.3 Å². The van der Waals surface area contributed by atoms with Crippen molar-refractivity contribution < 1.29 is 9.90 Å². The summed E-state index contributed by atoms with van der Waals surface area (Å²) in [5.74, 6) is -1.14. The Hall–Kier alpha value is -2.73. The number of aromatic carboxylic acids is 1. The van der Waals surface area contributed by atoms with Crippen molar-refractivity contribution in [1.82, 2.24) is 20.0 Å². The van der Waals surface area contributed by atoms with Crippen molar-refractivity contribution in [3.63, 3.8) is 0 Å². The zero-order valence-corrected chi connectivity index (χ0v) is 12.3. The first kappa shape index (κ1) is 14.2. The zero-order valence-electron chi connectivity index (χ0n) is 11.6. The van der Waals surface area contributed by atoms with Crippen LogP contribution in [0.15, 0.2) is 42.7 Å². The van der Waals surface area contributed by atoms with Crippen molar-refractivity contribution in [3.05, 3.63) is 59.0 Å². The van der Waals surface area contributed by atoms with E-state index in [1.54, 1.807) is 36.7 Å². The van der Waals surface area contributed by atoms with E-state index in [1.165, 1.54) is 4.68 Å². The SMILES string of the molecule is Cc1ccc(Cl)cc1-n1nnc(C(=O)O)c1-c1ccncc1. The minimum absolute atomic E-state index is 0.120. The quantitative estimate of drug-likeness (QED) is 0.803. The van der Waals surface area contributed by atoms with Gasteiger partial charge in [-0.3, -0.25) is 4.98 Å². The monoisotopic (exact) mass is 314 g/mol. The molecule has 0 amide bonds. The molecule has 2 heterocycles. The van der Waals surface area contributed by atoms with Gasteiger partial charge < -0.3 is 5.11 Å². The van der Waals surface area contributed by atoms with Crippen molar-refractivity contribution in [2.75, 3.05) is 0 Å². The van der Waals surface area contributed by atoms with Crippen LogP contribution in [0.4, 0.5) is 0 Å². The Morgan fingerprint density at radius 2 is 1.95 bits per heavy atom. The molecule has 0 atom stereocenters. The minimum Gasteiger partial charge on any atom is -0.476 e. The Morgan fingerprint density at radius 1 is 1.23 bits per heavy atom. The van der Waals surface area contributed by atoms with Crippen molar-refractivity contribution in [2.24, 2.45) is 0 Å². The Kier molecular flexibility index (Phi) is 3.60. The van der Waals surface area contributed by atoms with E-state index in [0.29, 0.717) is 22.0 Å². The molecule has 3 aromatic rings. The number of aryl methyl sites for hydroxylation is 1. The summed E-state index contributed by atoms with van der Waals surface area (Å²) < 4.78 is 1.49. The smallest absolute Gasteiger partial charge is 0.358 e. The first-order valence-corrected chi connectivity index (χ1v) is 6.81. The number of rotatable bonds is 3. The number of hydrogen-bond donors (Lipinski definition) is 1. The van der Waals surface area contributed by atoms with Crippen molar-refractivity contribution in [3.8, 4) is 16.9 Å². The van der Waals surface area contributed by atoms with Gasteiger partial charge in [0.05, 0.1) is 5.69 Å². The Bertz CT molecular complexity index is 846. The van der Waals surface area contributed by atoms with E-state index in [1.807, 2.05) is 13.0 Å². The first-order chi connectivity index (χ1) is 10.6. The number of nitrogens with zero attached hydrogens (tertiary/aromatic N) is 4. The molecular formula is C15H11ClN4O2. The van der Waals surface area contributed by atoms with Gasteiger partial charge in [-0.1, -0.05) is 22.9 Å². The summed E-state index contributed by atoms with van der Waals surface area (Å²) in [5, 5.41) is 17.7. The standard InChI is InChI=1S/C15H11ClN4O2/c1-9-2-3-11(16)8-12(9)20-14(10-4-6-17-7-5-10)13(15(21)22)18-19-20/h2-8H,1H3,(H,21,22). The second kappa shape index (κ2) is 5.57. The lowest BCUT2D eigenvalue weighted by Gasteiger charge is -2.10. The Labute approximate surface area is 131 Å². The lowest BCUT2D eigenvalue weighted by atomic mass is 10.1. The highest BCUT2D eigenvalue weighted by Gasteiger charge is 2.22. The largest absolute Gasteiger partial charge is 0.476 e. The van der Waals surface area contributed by atoms with Gasteiger partial charge in [0.25, 0.3) is 0 Å². The normalized spacial score (nSPS) is 10.6. The summed E-state index contributed by atoms with van der Waals surface area (Å²) in [6.07, 6.45) is 3.17. The summed E-state index contributed by atoms with van der Waals surface area (Å²) in [6, 6.07) is 8.75. The van der Waals surface area contributed by atoms with Gasteiger partial charge in [0.15, 0.2) is 5.69 Å². The van der Waals surface area contributed by atoms with Crippen LogP contribution in [0.25, 0.3) is 16.9 Å². The molecule has 0 bridgehead atoms. The van der Waals surface area contributed by atoms with Gasteiger partial charge in [0, 0.05) is 23.0 Å². The molecule has 0 aliphatic heterocycles. The highest BCUT2D eigenvalue weighted by molar-refractivity contribution is 6.30. The minimum atomic E-state index is -1.14. The van der Waals surface area contributed by atoms with Crippen LogP contribution in [-0.2, 0) is 0 Å². The average molecular weight is 315 g/mol. The fourth-order valence-corrected chi connectivity index (χ4v) is 2.34. The van der Waals surface area contributed by atoms with Gasteiger partial charge in [-0.15, -0.1) is 5.10 Å². The maximum Gasteiger partial charge on any atom is 0.358 e. The van der Waals surface area contributed by atoms with Gasteiger partial charge in [0.2, 0.25) is 0 Å². The number of benzene rings is 1. The van der Waals surface area contributed by atoms with Gasteiger partial charge in [0.1, 0.15) is 5.69 Å². The second-order valence-corrected chi connectivity index (χ2v) is 5.11. The first-order valence-electron chi connectivity index (χ1n) is 6.44. The topological polar surface area (TPSA) is 80.9 Å². The predicted molar refractivity (Wildman–Crippen MR) is 81.3 cm³/mol. The molecule has 0 saturated carbocycles. The molecule has 2 aromatic heterocycles. The van der Waals surface area contributed by atoms with Crippen LogP contribution in [0.1, 0.15) is 16.1 Å². The zero-order chi connectivity index (χ0) is 15.7. The fraction of sp³-hybridized carbons (Fsp3) is 0.0667. The summed E-state index contributed by atoms with van der Waals surface area (Å²) in [7, 11) is 0. The van der Waals surface area contributed by atoms with E-state index in [-0.39, 0.29) is 5.69 Å². The Balaban J connectivity index is 2.30. The van der Waals surface area contributed by atoms with Gasteiger partial charge in [-0.25, -0.2) is 9.48 Å². The molecule has 0 aliphatic rings. The number of aromatic nitrogens is 4. The predicted octanol–water partition coefficient (Wildman–Crippen LogP) is 2.99. The summed E-state index contributed by atoms with van der Waals surface area (Å²) in [4.78, 5) is 15.4. The molecule has 0 aliphatic carbocycles. The molecule has 0 unspecified atom stereocenters. The lowest BCUT2D eigenvalue weighted by molar-refractivity contribution is 0.0691. The highest BCUT2D eigenvalue weighted by Crippen LogP contribution is 2.27. The van der Waals surface area contributed by atoms with Gasteiger partial charge in [-0.2, -0.15) is 0 Å². The second-order valence-electron chi connectivity index (χ2n) is 4.67. The molecule has 7 heteroatoms. The maximum atomic E-state index is 11.4. The van der Waals surface area contributed by atoms with E-state index in [4.69, 9.17) is 11.6 Å². The number of pyridine rings is 1. The van der Waals surface area contributed by atoms with E-state index in [9.17, 15) is 9.90 Å². The third-order valence-electron chi connectivity index (χ3n) is 3.23. The van der Waals surface area contributed by atoms with Crippen molar-refractivity contribution in [2.45, 2.75) is 6.92 Å². The Morgan fingerprint density at radius 3 is 2.64 bits per heavy atom. The van der Waals surface area contributed by atoms with Crippen LogP contribution in [0.5, 0.6) is 0 Å². The van der Waals surface area contributed by atoms with Crippen LogP contribution in [-0.4, -0.2) is 31.1 Å². The summed E-state index contributed by atoms with van der Waals surface area (Å²) >= 11 is 6.05. The molecule has 0 fully saturated rings. The molecule has 22 heavy (non-hydrogen) atoms. The molecule has 1 aromatic carbocycles.